The SMILES string of the molecule is CCc1nc2cc(Br)ccn2c1C(=O)NCc1ccc(N2CCOCC2)cc1. The van der Waals surface area contributed by atoms with Crippen molar-refractivity contribution in [2.45, 2.75) is 19.9 Å². The van der Waals surface area contributed by atoms with Crippen molar-refractivity contribution < 1.29 is 9.53 Å². The minimum atomic E-state index is -0.107. The summed E-state index contributed by atoms with van der Waals surface area (Å²) >= 11 is 3.46. The van der Waals surface area contributed by atoms with E-state index in [1.165, 1.54) is 5.69 Å². The van der Waals surface area contributed by atoms with E-state index >= 15 is 0 Å². The van der Waals surface area contributed by atoms with Gasteiger partial charge in [-0.25, -0.2) is 4.98 Å². The Bertz CT molecular complexity index is 978. The molecule has 146 valence electrons. The van der Waals surface area contributed by atoms with Crippen LogP contribution in [0.5, 0.6) is 0 Å². The van der Waals surface area contributed by atoms with Crippen LogP contribution in [-0.4, -0.2) is 41.6 Å². The van der Waals surface area contributed by atoms with Gasteiger partial charge in [-0.3, -0.25) is 9.20 Å². The number of halogens is 1. The highest BCUT2D eigenvalue weighted by molar-refractivity contribution is 9.10. The molecular weight excluding hydrogens is 420 g/mol. The number of aryl methyl sites for hydroxylation is 1. The highest BCUT2D eigenvalue weighted by Crippen LogP contribution is 2.19. The number of morpholine rings is 1. The summed E-state index contributed by atoms with van der Waals surface area (Å²) in [6.45, 7) is 5.87. The highest BCUT2D eigenvalue weighted by Gasteiger charge is 2.18. The average molecular weight is 443 g/mol. The lowest BCUT2D eigenvalue weighted by Gasteiger charge is -2.28. The summed E-state index contributed by atoms with van der Waals surface area (Å²) in [6.07, 6.45) is 2.58. The quantitative estimate of drug-likeness (QED) is 0.657. The number of ether oxygens (including phenoxy) is 1. The predicted octanol–water partition coefficient (Wildman–Crippen LogP) is 3.43. The lowest BCUT2D eigenvalue weighted by molar-refractivity contribution is 0.0944. The van der Waals surface area contributed by atoms with Gasteiger partial charge in [0.05, 0.1) is 18.9 Å². The number of hydrogen-bond donors (Lipinski definition) is 1. The lowest BCUT2D eigenvalue weighted by atomic mass is 10.1. The number of hydrogen-bond acceptors (Lipinski definition) is 4. The lowest BCUT2D eigenvalue weighted by Crippen LogP contribution is -2.36. The maximum atomic E-state index is 12.9. The van der Waals surface area contributed by atoms with Crippen LogP contribution in [0.4, 0.5) is 5.69 Å². The molecule has 0 saturated carbocycles. The molecule has 0 spiro atoms. The number of pyridine rings is 1. The molecule has 28 heavy (non-hydrogen) atoms. The van der Waals surface area contributed by atoms with Crippen LogP contribution in [0.15, 0.2) is 47.1 Å². The molecule has 1 amide bonds. The third kappa shape index (κ3) is 3.91. The van der Waals surface area contributed by atoms with Gasteiger partial charge in [-0.1, -0.05) is 35.0 Å². The van der Waals surface area contributed by atoms with Crippen molar-refractivity contribution in [2.24, 2.45) is 0 Å². The molecule has 3 heterocycles. The van der Waals surface area contributed by atoms with Crippen LogP contribution in [-0.2, 0) is 17.7 Å². The first kappa shape index (κ1) is 19.0. The topological polar surface area (TPSA) is 58.9 Å². The zero-order valence-corrected chi connectivity index (χ0v) is 17.4. The summed E-state index contributed by atoms with van der Waals surface area (Å²) in [7, 11) is 0. The summed E-state index contributed by atoms with van der Waals surface area (Å²) < 4.78 is 8.19. The molecule has 1 aliphatic rings. The molecule has 0 atom stereocenters. The Morgan fingerprint density at radius 2 is 1.96 bits per heavy atom. The third-order valence-corrected chi connectivity index (χ3v) is 5.47. The van der Waals surface area contributed by atoms with Crippen LogP contribution in [0.3, 0.4) is 0 Å². The monoisotopic (exact) mass is 442 g/mol. The highest BCUT2D eigenvalue weighted by atomic mass is 79.9. The number of imidazole rings is 1. The van der Waals surface area contributed by atoms with Gasteiger partial charge < -0.3 is 15.0 Å². The predicted molar refractivity (Wildman–Crippen MR) is 113 cm³/mol. The molecule has 0 bridgehead atoms. The molecular formula is C21H23BrN4O2. The van der Waals surface area contributed by atoms with Gasteiger partial charge in [0, 0.05) is 36.0 Å². The van der Waals surface area contributed by atoms with Crippen molar-refractivity contribution in [3.8, 4) is 0 Å². The number of nitrogens with zero attached hydrogens (tertiary/aromatic N) is 3. The van der Waals surface area contributed by atoms with Gasteiger partial charge in [-0.05, 0) is 36.2 Å². The van der Waals surface area contributed by atoms with E-state index in [9.17, 15) is 4.79 Å². The van der Waals surface area contributed by atoms with E-state index in [0.29, 0.717) is 18.7 Å². The molecule has 0 radical (unpaired) electrons. The van der Waals surface area contributed by atoms with Crippen LogP contribution < -0.4 is 10.2 Å². The second-order valence-electron chi connectivity index (χ2n) is 6.78. The normalized spacial score (nSPS) is 14.4. The number of anilines is 1. The number of carbonyl (C=O) groups is 1. The van der Waals surface area contributed by atoms with Gasteiger partial charge >= 0.3 is 0 Å². The molecule has 1 fully saturated rings. The maximum Gasteiger partial charge on any atom is 0.270 e. The number of nitrogens with one attached hydrogen (secondary N) is 1. The fourth-order valence-electron chi connectivity index (χ4n) is 3.47. The number of benzene rings is 1. The van der Waals surface area contributed by atoms with Gasteiger partial charge in [0.2, 0.25) is 0 Å². The van der Waals surface area contributed by atoms with Crippen molar-refractivity contribution in [1.29, 1.82) is 0 Å². The van der Waals surface area contributed by atoms with Gasteiger partial charge in [0.1, 0.15) is 11.3 Å². The summed E-state index contributed by atoms with van der Waals surface area (Å²) in [4.78, 5) is 19.8. The number of amides is 1. The maximum absolute atomic E-state index is 12.9. The van der Waals surface area contributed by atoms with Crippen molar-refractivity contribution in [3.05, 3.63) is 64.0 Å². The van der Waals surface area contributed by atoms with E-state index in [4.69, 9.17) is 4.74 Å². The zero-order chi connectivity index (χ0) is 19.5. The van der Waals surface area contributed by atoms with Gasteiger partial charge in [-0.15, -0.1) is 0 Å². The molecule has 6 nitrogen and oxygen atoms in total. The fourth-order valence-corrected chi connectivity index (χ4v) is 3.79. The summed E-state index contributed by atoms with van der Waals surface area (Å²) in [5.41, 5.74) is 4.44. The molecule has 0 unspecified atom stereocenters. The third-order valence-electron chi connectivity index (χ3n) is 4.98. The van der Waals surface area contributed by atoms with E-state index in [1.807, 2.05) is 29.7 Å². The fraction of sp³-hybridized carbons (Fsp3) is 0.333. The van der Waals surface area contributed by atoms with Gasteiger partial charge in [0.15, 0.2) is 0 Å². The van der Waals surface area contributed by atoms with Crippen LogP contribution >= 0.6 is 15.9 Å². The van der Waals surface area contributed by atoms with Crippen molar-refractivity contribution in [2.75, 3.05) is 31.2 Å². The minimum absolute atomic E-state index is 0.107. The number of aromatic nitrogens is 2. The minimum Gasteiger partial charge on any atom is -0.378 e. The second kappa shape index (κ2) is 8.32. The first-order valence-electron chi connectivity index (χ1n) is 9.52. The largest absolute Gasteiger partial charge is 0.378 e. The van der Waals surface area contributed by atoms with Crippen molar-refractivity contribution in [3.63, 3.8) is 0 Å². The molecule has 1 aromatic carbocycles. The van der Waals surface area contributed by atoms with Crippen molar-refractivity contribution >= 4 is 33.2 Å². The first-order chi connectivity index (χ1) is 13.7. The zero-order valence-electron chi connectivity index (χ0n) is 15.8. The van der Waals surface area contributed by atoms with Gasteiger partial charge in [0.25, 0.3) is 5.91 Å². The molecule has 1 N–H and O–H groups in total. The molecule has 1 saturated heterocycles. The summed E-state index contributed by atoms with van der Waals surface area (Å²) in [5.74, 6) is -0.107. The average Bonchev–Trinajstić information content (AvgIpc) is 3.10. The van der Waals surface area contributed by atoms with Crippen LogP contribution in [0, 0.1) is 0 Å². The number of fused-ring (bicyclic) bond motifs is 1. The molecule has 2 aromatic heterocycles. The van der Waals surface area contributed by atoms with E-state index in [1.54, 1.807) is 0 Å². The van der Waals surface area contributed by atoms with Crippen LogP contribution in [0.25, 0.3) is 5.65 Å². The van der Waals surface area contributed by atoms with Crippen LogP contribution in [0.2, 0.25) is 0 Å². The summed E-state index contributed by atoms with van der Waals surface area (Å²) in [6, 6.07) is 12.2. The molecule has 7 heteroatoms. The Balaban J connectivity index is 1.46. The molecule has 0 aliphatic carbocycles. The number of rotatable bonds is 5. The molecule has 4 rings (SSSR count). The Hall–Kier alpha value is -2.38. The van der Waals surface area contributed by atoms with E-state index in [0.717, 1.165) is 47.7 Å². The Labute approximate surface area is 172 Å². The van der Waals surface area contributed by atoms with E-state index < -0.39 is 0 Å². The smallest absolute Gasteiger partial charge is 0.270 e. The second-order valence-corrected chi connectivity index (χ2v) is 7.70. The van der Waals surface area contributed by atoms with Crippen molar-refractivity contribution in [1.82, 2.24) is 14.7 Å². The Morgan fingerprint density at radius 3 is 2.68 bits per heavy atom. The molecule has 1 aliphatic heterocycles. The standard InChI is InChI=1S/C21H23BrN4O2/c1-2-18-20(26-8-7-16(22)13-19(26)24-18)21(27)23-14-15-3-5-17(6-4-15)25-9-11-28-12-10-25/h3-8,13H,2,9-12,14H2,1H3,(H,23,27). The Morgan fingerprint density at radius 1 is 1.21 bits per heavy atom. The number of carbonyl (C=O) groups excluding carboxylic acids is 1. The first-order valence-corrected chi connectivity index (χ1v) is 10.3. The molecule has 3 aromatic rings. The van der Waals surface area contributed by atoms with E-state index in [2.05, 4.69) is 55.4 Å². The van der Waals surface area contributed by atoms with Gasteiger partial charge in [-0.2, -0.15) is 0 Å². The van der Waals surface area contributed by atoms with E-state index in [-0.39, 0.29) is 5.91 Å². The van der Waals surface area contributed by atoms with Crippen LogP contribution in [0.1, 0.15) is 28.7 Å². The summed E-state index contributed by atoms with van der Waals surface area (Å²) in [5, 5.41) is 3.04. The Kier molecular flexibility index (Phi) is 5.64.